The number of amides is 1. The zero-order chi connectivity index (χ0) is 17.7. The third kappa shape index (κ3) is 4.36. The first-order valence-corrected chi connectivity index (χ1v) is 9.44. The molecule has 1 aromatic rings. The Hall–Kier alpha value is -1.86. The largest absolute Gasteiger partial charge is 0.492 e. The van der Waals surface area contributed by atoms with Crippen LogP contribution in [0.4, 0.5) is 5.69 Å². The molecular weight excluding hydrogens is 328 g/mol. The van der Waals surface area contributed by atoms with Crippen LogP contribution in [0.5, 0.6) is 5.75 Å². The van der Waals surface area contributed by atoms with Crippen molar-refractivity contribution in [3.63, 3.8) is 0 Å². The van der Waals surface area contributed by atoms with E-state index in [4.69, 9.17) is 4.74 Å². The molecule has 0 radical (unpaired) electrons. The first kappa shape index (κ1) is 18.5. The Morgan fingerprint density at radius 1 is 1.38 bits per heavy atom. The summed E-state index contributed by atoms with van der Waals surface area (Å²) >= 11 is 0. The van der Waals surface area contributed by atoms with Crippen molar-refractivity contribution in [2.45, 2.75) is 31.1 Å². The molecule has 0 aromatic heterocycles. The van der Waals surface area contributed by atoms with Crippen molar-refractivity contribution in [1.29, 1.82) is 0 Å². The lowest BCUT2D eigenvalue weighted by Gasteiger charge is -2.17. The van der Waals surface area contributed by atoms with Crippen molar-refractivity contribution in [1.82, 2.24) is 4.31 Å². The van der Waals surface area contributed by atoms with Gasteiger partial charge in [-0.15, -0.1) is 0 Å². The molecule has 1 atom stereocenters. The molecule has 24 heavy (non-hydrogen) atoms. The van der Waals surface area contributed by atoms with Gasteiger partial charge in [-0.05, 0) is 43.9 Å². The Balaban J connectivity index is 2.22. The van der Waals surface area contributed by atoms with Crippen molar-refractivity contribution in [2.75, 3.05) is 26.0 Å². The Morgan fingerprint density at radius 3 is 2.71 bits per heavy atom. The minimum absolute atomic E-state index is 0.0490. The van der Waals surface area contributed by atoms with E-state index in [-0.39, 0.29) is 22.5 Å². The summed E-state index contributed by atoms with van der Waals surface area (Å²) in [5.41, 5.74) is 0.450. The minimum Gasteiger partial charge on any atom is -0.492 e. The number of hydrogen-bond acceptors (Lipinski definition) is 4. The molecule has 0 fully saturated rings. The van der Waals surface area contributed by atoms with Gasteiger partial charge in [0.25, 0.3) is 0 Å². The monoisotopic (exact) mass is 352 g/mol. The average molecular weight is 352 g/mol. The van der Waals surface area contributed by atoms with Crippen LogP contribution in [0.3, 0.4) is 0 Å². The normalized spacial score (nSPS) is 17.2. The van der Waals surface area contributed by atoms with E-state index < -0.39 is 10.0 Å². The number of benzene rings is 1. The predicted octanol–water partition coefficient (Wildman–Crippen LogP) is 2.63. The molecule has 1 N–H and O–H groups in total. The molecule has 1 amide bonds. The third-order valence-electron chi connectivity index (χ3n) is 3.85. The Bertz CT molecular complexity index is 726. The van der Waals surface area contributed by atoms with Gasteiger partial charge in [-0.2, -0.15) is 0 Å². The molecule has 1 aliphatic carbocycles. The summed E-state index contributed by atoms with van der Waals surface area (Å²) in [6.07, 6.45) is 6.53. The van der Waals surface area contributed by atoms with E-state index >= 15 is 0 Å². The lowest BCUT2D eigenvalue weighted by atomic mass is 10.1. The average Bonchev–Trinajstić information content (AvgIpc) is 3.01. The van der Waals surface area contributed by atoms with Gasteiger partial charge in [0, 0.05) is 26.2 Å². The van der Waals surface area contributed by atoms with Crippen LogP contribution in [0.15, 0.2) is 35.2 Å². The molecule has 0 spiro atoms. The highest BCUT2D eigenvalue weighted by Crippen LogP contribution is 2.29. The van der Waals surface area contributed by atoms with Crippen molar-refractivity contribution < 1.29 is 17.9 Å². The summed E-state index contributed by atoms with van der Waals surface area (Å²) in [5.74, 6) is 0.421. The molecule has 1 aliphatic rings. The van der Waals surface area contributed by atoms with Gasteiger partial charge in [-0.1, -0.05) is 12.2 Å². The fourth-order valence-electron chi connectivity index (χ4n) is 2.57. The summed E-state index contributed by atoms with van der Waals surface area (Å²) in [4.78, 5) is 12.2. The second kappa shape index (κ2) is 7.81. The van der Waals surface area contributed by atoms with E-state index in [1.807, 2.05) is 0 Å². The molecule has 0 saturated heterocycles. The number of sulfonamides is 1. The van der Waals surface area contributed by atoms with Gasteiger partial charge in [0.2, 0.25) is 15.9 Å². The molecule has 0 unspecified atom stereocenters. The number of nitrogens with zero attached hydrogens (tertiary/aromatic N) is 1. The number of anilines is 1. The van der Waals surface area contributed by atoms with Crippen LogP contribution >= 0.6 is 0 Å². The second-order valence-corrected chi connectivity index (χ2v) is 8.02. The van der Waals surface area contributed by atoms with E-state index in [1.54, 1.807) is 19.1 Å². The van der Waals surface area contributed by atoms with Gasteiger partial charge in [0.05, 0.1) is 6.61 Å². The molecule has 2 rings (SSSR count). The van der Waals surface area contributed by atoms with Gasteiger partial charge < -0.3 is 10.1 Å². The fraction of sp³-hybridized carbons (Fsp3) is 0.471. The molecule has 132 valence electrons. The molecule has 0 aliphatic heterocycles. The number of hydrogen-bond donors (Lipinski definition) is 1. The van der Waals surface area contributed by atoms with Crippen LogP contribution in [-0.4, -0.2) is 39.3 Å². The molecule has 6 nitrogen and oxygen atoms in total. The van der Waals surface area contributed by atoms with Crippen LogP contribution in [0.2, 0.25) is 0 Å². The highest BCUT2D eigenvalue weighted by Gasteiger charge is 2.23. The highest BCUT2D eigenvalue weighted by atomic mass is 32.2. The topological polar surface area (TPSA) is 75.7 Å². The summed E-state index contributed by atoms with van der Waals surface area (Å²) in [6.45, 7) is 2.15. The van der Waals surface area contributed by atoms with Gasteiger partial charge in [0.15, 0.2) is 0 Å². The summed E-state index contributed by atoms with van der Waals surface area (Å²) < 4.78 is 31.5. The smallest absolute Gasteiger partial charge is 0.246 e. The fourth-order valence-corrected chi connectivity index (χ4v) is 3.62. The second-order valence-electron chi connectivity index (χ2n) is 5.90. The predicted molar refractivity (Wildman–Crippen MR) is 93.6 cm³/mol. The van der Waals surface area contributed by atoms with Crippen molar-refractivity contribution >= 4 is 21.6 Å². The number of allylic oxidation sites excluding steroid dienone is 2. The summed E-state index contributed by atoms with van der Waals surface area (Å²) in [7, 11) is -0.742. The number of ether oxygens (including phenoxy) is 1. The van der Waals surface area contributed by atoms with E-state index in [9.17, 15) is 13.2 Å². The first-order chi connectivity index (χ1) is 11.3. The van der Waals surface area contributed by atoms with Gasteiger partial charge in [-0.3, -0.25) is 4.79 Å². The molecule has 0 saturated carbocycles. The Kier molecular flexibility index (Phi) is 6.01. The van der Waals surface area contributed by atoms with Gasteiger partial charge in [-0.25, -0.2) is 12.7 Å². The van der Waals surface area contributed by atoms with Gasteiger partial charge >= 0.3 is 0 Å². The summed E-state index contributed by atoms with van der Waals surface area (Å²) in [6, 6.07) is 4.68. The number of carbonyl (C=O) groups excluding carboxylic acids is 1. The lowest BCUT2D eigenvalue weighted by Crippen LogP contribution is -2.23. The van der Waals surface area contributed by atoms with Crippen LogP contribution in [0.1, 0.15) is 26.2 Å². The molecule has 0 heterocycles. The van der Waals surface area contributed by atoms with Crippen molar-refractivity contribution in [2.24, 2.45) is 5.92 Å². The van der Waals surface area contributed by atoms with Crippen LogP contribution in [-0.2, 0) is 14.8 Å². The summed E-state index contributed by atoms with van der Waals surface area (Å²) in [5, 5.41) is 2.78. The van der Waals surface area contributed by atoms with E-state index in [0.717, 1.165) is 17.1 Å². The molecule has 0 bridgehead atoms. The molecular formula is C17H24N2O4S. The maximum absolute atomic E-state index is 12.5. The first-order valence-electron chi connectivity index (χ1n) is 8.00. The van der Waals surface area contributed by atoms with Gasteiger partial charge in [0.1, 0.15) is 10.6 Å². The van der Waals surface area contributed by atoms with E-state index in [2.05, 4.69) is 17.5 Å². The third-order valence-corrected chi connectivity index (χ3v) is 5.68. The Labute approximate surface area is 143 Å². The standard InChI is InChI=1S/C17H24N2O4S/c1-4-23-15-10-9-14(12-16(15)24(21,22)19(2)3)18-17(20)11-13-7-5-6-8-13/h5,7,9-10,12-13H,4,6,8,11H2,1-3H3,(H,18,20)/t13-/m0/s1. The lowest BCUT2D eigenvalue weighted by molar-refractivity contribution is -0.116. The highest BCUT2D eigenvalue weighted by molar-refractivity contribution is 7.89. The Morgan fingerprint density at radius 2 is 2.12 bits per heavy atom. The molecule has 1 aromatic carbocycles. The van der Waals surface area contributed by atoms with Crippen molar-refractivity contribution in [3.8, 4) is 5.75 Å². The quantitative estimate of drug-likeness (QED) is 0.766. The van der Waals surface area contributed by atoms with Crippen LogP contribution < -0.4 is 10.1 Å². The zero-order valence-electron chi connectivity index (χ0n) is 14.3. The van der Waals surface area contributed by atoms with Crippen LogP contribution in [0.25, 0.3) is 0 Å². The zero-order valence-corrected chi connectivity index (χ0v) is 15.1. The molecule has 7 heteroatoms. The van der Waals surface area contributed by atoms with Crippen molar-refractivity contribution in [3.05, 3.63) is 30.4 Å². The number of rotatable bonds is 7. The SMILES string of the molecule is CCOc1ccc(NC(=O)C[C@H]2C=CCC2)cc1S(=O)(=O)N(C)C. The maximum Gasteiger partial charge on any atom is 0.246 e. The minimum atomic E-state index is -3.66. The van der Waals surface area contributed by atoms with E-state index in [1.165, 1.54) is 20.2 Å². The number of carbonyl (C=O) groups is 1. The van der Waals surface area contributed by atoms with Crippen LogP contribution in [0, 0.1) is 5.92 Å². The van der Waals surface area contributed by atoms with E-state index in [0.29, 0.717) is 18.7 Å². The number of nitrogens with one attached hydrogen (secondary N) is 1. The maximum atomic E-state index is 12.5.